The smallest absolute Gasteiger partial charge is 0.135 e. The van der Waals surface area contributed by atoms with Crippen molar-refractivity contribution in [3.8, 4) is 11.1 Å². The Kier molecular flexibility index (Phi) is 7.26. The molecule has 0 atom stereocenters. The Hall–Kier alpha value is -2.76. The fourth-order valence-electron chi connectivity index (χ4n) is 2.82. The molecule has 138 valence electrons. The van der Waals surface area contributed by atoms with Crippen LogP contribution in [-0.2, 0) is 6.42 Å². The molecule has 2 rings (SSSR count). The molecule has 0 radical (unpaired) electrons. The van der Waals surface area contributed by atoms with Crippen molar-refractivity contribution in [1.82, 2.24) is 5.43 Å². The highest BCUT2D eigenvalue weighted by atomic mass is 16.3. The molecule has 0 aliphatic rings. The summed E-state index contributed by atoms with van der Waals surface area (Å²) in [6, 6.07) is 16.4. The number of aliphatic hydroxyl groups is 1. The van der Waals surface area contributed by atoms with E-state index in [1.807, 2.05) is 24.3 Å². The lowest BCUT2D eigenvalue weighted by atomic mass is 9.99. The normalized spacial score (nSPS) is 11.8. The van der Waals surface area contributed by atoms with Crippen molar-refractivity contribution >= 4 is 5.70 Å². The number of hydrazine groups is 1. The minimum Gasteiger partial charge on any atom is -0.506 e. The predicted molar refractivity (Wildman–Crippen MR) is 109 cm³/mol. The summed E-state index contributed by atoms with van der Waals surface area (Å²) in [5, 5.41) is 9.51. The van der Waals surface area contributed by atoms with Gasteiger partial charge in [0.15, 0.2) is 0 Å². The van der Waals surface area contributed by atoms with Gasteiger partial charge in [-0.2, -0.15) is 0 Å². The average molecular weight is 352 g/mol. The summed E-state index contributed by atoms with van der Waals surface area (Å²) in [6.45, 7) is 4.21. The van der Waals surface area contributed by atoms with Crippen molar-refractivity contribution in [3.05, 3.63) is 77.7 Å². The van der Waals surface area contributed by atoms with E-state index in [1.54, 1.807) is 0 Å². The van der Waals surface area contributed by atoms with E-state index in [4.69, 9.17) is 17.3 Å². The van der Waals surface area contributed by atoms with Crippen LogP contribution in [0.1, 0.15) is 30.4 Å². The van der Waals surface area contributed by atoms with Gasteiger partial charge in [-0.3, -0.25) is 5.84 Å². The second kappa shape index (κ2) is 9.65. The standard InChI is InChI=1S/C21H28N4O/c1-15(26)21(25-24)20(23)19-12-10-18(11-13-19)17-8-6-16(7-9-17)5-3-2-4-14-22/h6-13,25-26H,1-5,14,22-24H2/b21-20-. The first-order valence-corrected chi connectivity index (χ1v) is 8.81. The predicted octanol–water partition coefficient (Wildman–Crippen LogP) is 3.19. The number of nitrogens with two attached hydrogens (primary N) is 3. The van der Waals surface area contributed by atoms with Crippen LogP contribution in [0.2, 0.25) is 0 Å². The Morgan fingerprint density at radius 1 is 0.923 bits per heavy atom. The summed E-state index contributed by atoms with van der Waals surface area (Å²) >= 11 is 0. The van der Waals surface area contributed by atoms with Crippen LogP contribution in [0.3, 0.4) is 0 Å². The molecular formula is C21H28N4O. The van der Waals surface area contributed by atoms with Gasteiger partial charge in [0.25, 0.3) is 0 Å². The van der Waals surface area contributed by atoms with E-state index >= 15 is 0 Å². The maximum atomic E-state index is 9.51. The molecule has 0 fully saturated rings. The molecule has 0 saturated carbocycles. The minimum absolute atomic E-state index is 0.198. The molecule has 0 aromatic heterocycles. The largest absolute Gasteiger partial charge is 0.506 e. The molecule has 0 spiro atoms. The lowest BCUT2D eigenvalue weighted by Gasteiger charge is -2.11. The fraction of sp³-hybridized carbons (Fsp3) is 0.238. The molecule has 0 heterocycles. The van der Waals surface area contributed by atoms with Crippen LogP contribution < -0.4 is 22.7 Å². The van der Waals surface area contributed by atoms with Gasteiger partial charge in [0, 0.05) is 0 Å². The topological polar surface area (TPSA) is 110 Å². The molecule has 2 aromatic rings. The van der Waals surface area contributed by atoms with E-state index in [0.29, 0.717) is 5.70 Å². The van der Waals surface area contributed by atoms with Gasteiger partial charge in [-0.25, -0.2) is 0 Å². The molecule has 5 heteroatoms. The summed E-state index contributed by atoms with van der Waals surface area (Å²) in [7, 11) is 0. The lowest BCUT2D eigenvalue weighted by Crippen LogP contribution is -2.25. The van der Waals surface area contributed by atoms with Crippen LogP contribution in [0.4, 0.5) is 0 Å². The molecule has 0 aliphatic carbocycles. The number of aliphatic hydroxyl groups excluding tert-OH is 1. The van der Waals surface area contributed by atoms with Crippen molar-refractivity contribution in [2.45, 2.75) is 25.7 Å². The molecule has 2 aromatic carbocycles. The molecule has 8 N–H and O–H groups in total. The third-order valence-electron chi connectivity index (χ3n) is 4.36. The minimum atomic E-state index is -0.198. The second-order valence-corrected chi connectivity index (χ2v) is 6.25. The molecule has 5 nitrogen and oxygen atoms in total. The first kappa shape index (κ1) is 19.6. The highest BCUT2D eigenvalue weighted by Gasteiger charge is 2.08. The fourth-order valence-corrected chi connectivity index (χ4v) is 2.82. The Morgan fingerprint density at radius 3 is 2.00 bits per heavy atom. The summed E-state index contributed by atoms with van der Waals surface area (Å²) < 4.78 is 0. The maximum Gasteiger partial charge on any atom is 0.135 e. The van der Waals surface area contributed by atoms with Gasteiger partial charge >= 0.3 is 0 Å². The summed E-state index contributed by atoms with van der Waals surface area (Å²) in [4.78, 5) is 0. The monoisotopic (exact) mass is 352 g/mol. The van der Waals surface area contributed by atoms with E-state index in [1.165, 1.54) is 18.4 Å². The van der Waals surface area contributed by atoms with Gasteiger partial charge in [0.05, 0.1) is 5.70 Å². The zero-order chi connectivity index (χ0) is 18.9. The highest BCUT2D eigenvalue weighted by molar-refractivity contribution is 5.72. The molecule has 0 aliphatic heterocycles. The van der Waals surface area contributed by atoms with Gasteiger partial charge in [-0.05, 0) is 48.1 Å². The number of unbranched alkanes of at least 4 members (excludes halogenated alkanes) is 2. The quantitative estimate of drug-likeness (QED) is 0.156. The molecule has 0 saturated heterocycles. The van der Waals surface area contributed by atoms with Crippen LogP contribution in [0, 0.1) is 0 Å². The Labute approximate surface area is 155 Å². The molecule has 0 unspecified atom stereocenters. The summed E-state index contributed by atoms with van der Waals surface area (Å²) in [5.74, 6) is 5.19. The second-order valence-electron chi connectivity index (χ2n) is 6.25. The number of benzene rings is 2. The number of hydrogen-bond acceptors (Lipinski definition) is 5. The zero-order valence-corrected chi connectivity index (χ0v) is 15.0. The number of rotatable bonds is 9. The molecule has 26 heavy (non-hydrogen) atoms. The van der Waals surface area contributed by atoms with E-state index < -0.39 is 0 Å². The molecule has 0 amide bonds. The van der Waals surface area contributed by atoms with E-state index in [0.717, 1.165) is 36.1 Å². The zero-order valence-electron chi connectivity index (χ0n) is 15.0. The highest BCUT2D eigenvalue weighted by Crippen LogP contribution is 2.23. The maximum absolute atomic E-state index is 9.51. The number of hydrogen-bond donors (Lipinski definition) is 5. The van der Waals surface area contributed by atoms with Crippen molar-refractivity contribution in [3.63, 3.8) is 0 Å². The number of nitrogens with one attached hydrogen (secondary N) is 1. The Bertz CT molecular complexity index is 749. The first-order valence-electron chi connectivity index (χ1n) is 8.81. The van der Waals surface area contributed by atoms with Crippen LogP contribution in [-0.4, -0.2) is 11.7 Å². The first-order chi connectivity index (χ1) is 12.6. The van der Waals surface area contributed by atoms with Gasteiger partial charge < -0.3 is 22.0 Å². The Morgan fingerprint density at radius 2 is 1.50 bits per heavy atom. The summed E-state index contributed by atoms with van der Waals surface area (Å²) in [5.41, 5.74) is 18.8. The number of aryl methyl sites for hydroxylation is 1. The third-order valence-corrected chi connectivity index (χ3v) is 4.36. The van der Waals surface area contributed by atoms with Crippen molar-refractivity contribution in [1.29, 1.82) is 0 Å². The Balaban J connectivity index is 2.09. The van der Waals surface area contributed by atoms with Crippen LogP contribution in [0.15, 0.2) is 66.6 Å². The van der Waals surface area contributed by atoms with E-state index in [-0.39, 0.29) is 11.5 Å². The average Bonchev–Trinajstić information content (AvgIpc) is 2.66. The van der Waals surface area contributed by atoms with Crippen LogP contribution in [0.5, 0.6) is 0 Å². The van der Waals surface area contributed by atoms with Gasteiger partial charge in [-0.15, -0.1) is 0 Å². The molecular weight excluding hydrogens is 324 g/mol. The van der Waals surface area contributed by atoms with Gasteiger partial charge in [-0.1, -0.05) is 61.5 Å². The van der Waals surface area contributed by atoms with Crippen molar-refractivity contribution in [2.75, 3.05) is 6.54 Å². The van der Waals surface area contributed by atoms with Crippen molar-refractivity contribution < 1.29 is 5.11 Å². The lowest BCUT2D eigenvalue weighted by molar-refractivity contribution is 0.418. The summed E-state index contributed by atoms with van der Waals surface area (Å²) in [6.07, 6.45) is 4.52. The van der Waals surface area contributed by atoms with E-state index in [9.17, 15) is 5.11 Å². The molecule has 0 bridgehead atoms. The van der Waals surface area contributed by atoms with Crippen LogP contribution >= 0.6 is 0 Å². The van der Waals surface area contributed by atoms with Gasteiger partial charge in [0.1, 0.15) is 11.5 Å². The van der Waals surface area contributed by atoms with Crippen molar-refractivity contribution in [2.24, 2.45) is 17.3 Å². The third kappa shape index (κ3) is 5.12. The van der Waals surface area contributed by atoms with Crippen LogP contribution in [0.25, 0.3) is 16.8 Å². The SMILES string of the molecule is C=C(O)/C(NN)=C(/N)c1ccc(-c2ccc(CCCCCN)cc2)cc1. The van der Waals surface area contributed by atoms with Gasteiger partial charge in [0.2, 0.25) is 0 Å². The van der Waals surface area contributed by atoms with E-state index in [2.05, 4.69) is 36.3 Å².